The molecule has 48 heteroatoms. The van der Waals surface area contributed by atoms with Crippen LogP contribution in [0, 0.1) is 0 Å². The Balaban J connectivity index is 0.000000549. The summed E-state index contributed by atoms with van der Waals surface area (Å²) in [6.45, 7) is -2.46. The molecule has 0 aliphatic carbocycles. The lowest BCUT2D eigenvalue weighted by molar-refractivity contribution is -0.151. The molecule has 4 aliphatic rings. The van der Waals surface area contributed by atoms with E-state index in [4.69, 9.17) is 38.0 Å². The van der Waals surface area contributed by atoms with Gasteiger partial charge in [-0.15, -0.1) is 0 Å². The number of anilines is 1. The lowest BCUT2D eigenvalue weighted by Crippen LogP contribution is -2.59. The van der Waals surface area contributed by atoms with E-state index in [0.29, 0.717) is 69.3 Å². The Labute approximate surface area is 689 Å². The van der Waals surface area contributed by atoms with E-state index in [1.807, 2.05) is 24.3 Å². The number of aliphatic hydroxyl groups is 3. The van der Waals surface area contributed by atoms with Crippen molar-refractivity contribution >= 4 is 137 Å². The lowest BCUT2D eigenvalue weighted by atomic mass is 10.0. The third-order valence-corrected chi connectivity index (χ3v) is 19.6. The molecule has 119 heavy (non-hydrogen) atoms. The molecule has 20 N–H and O–H groups in total. The molecule has 47 nitrogen and oxygen atoms in total. The van der Waals surface area contributed by atoms with Gasteiger partial charge in [-0.25, -0.2) is 10.3 Å². The summed E-state index contributed by atoms with van der Waals surface area (Å²) in [6.07, 6.45) is 6.09. The molecule has 0 bridgehead atoms. The summed E-state index contributed by atoms with van der Waals surface area (Å²) in [5.41, 5.74) is 8.81. The van der Waals surface area contributed by atoms with Crippen molar-refractivity contribution in [2.75, 3.05) is 137 Å². The second-order valence-corrected chi connectivity index (χ2v) is 28.3. The highest BCUT2D eigenvalue weighted by Crippen LogP contribution is 2.29. The number of aldehydes is 1. The highest BCUT2D eigenvalue weighted by atomic mass is 32.1. The van der Waals surface area contributed by atoms with Gasteiger partial charge < -0.3 is 123 Å². The second kappa shape index (κ2) is 53.9. The number of hydrogen-bond acceptors (Lipinski definition) is 31. The maximum atomic E-state index is 14.0. The molecular formula is C71H110N20O27S. The van der Waals surface area contributed by atoms with Gasteiger partial charge in [0.1, 0.15) is 74.8 Å². The van der Waals surface area contributed by atoms with Gasteiger partial charge in [-0.05, 0) is 107 Å². The molecule has 4 heterocycles. The normalized spacial score (nSPS) is 17.6. The minimum atomic E-state index is -1.69. The molecular weight excluding hydrogens is 1600 g/mol. The first kappa shape index (κ1) is 100. The number of rotatable bonds is 53. The van der Waals surface area contributed by atoms with Gasteiger partial charge in [0.2, 0.25) is 76.8 Å². The average Bonchev–Trinajstić information content (AvgIpc) is 1.65. The zero-order chi connectivity index (χ0) is 88.1. The van der Waals surface area contributed by atoms with Crippen LogP contribution in [0.5, 0.6) is 0 Å². The van der Waals surface area contributed by atoms with E-state index in [2.05, 4.69) is 58.6 Å². The zero-order valence-corrected chi connectivity index (χ0v) is 67.0. The molecule has 662 valence electrons. The first-order valence-electron chi connectivity index (χ1n) is 38.3. The molecule has 13 amide bonds. The van der Waals surface area contributed by atoms with E-state index in [9.17, 15) is 117 Å². The number of thiocarbonyl (C=S) groups is 1. The largest absolute Gasteiger partial charge is 0.480 e. The fraction of sp³-hybridized carbons (Fsp3) is 0.634. The van der Waals surface area contributed by atoms with Gasteiger partial charge in [-0.3, -0.25) is 102 Å². The lowest BCUT2D eigenvalue weighted by Gasteiger charge is -2.34. The van der Waals surface area contributed by atoms with Gasteiger partial charge in [-0.1, -0.05) is 18.6 Å². The Morgan fingerprint density at radius 3 is 1.61 bits per heavy atom. The van der Waals surface area contributed by atoms with E-state index in [1.165, 1.54) is 26.5 Å². The molecule has 0 radical (unpaired) electrons. The van der Waals surface area contributed by atoms with Crippen molar-refractivity contribution in [3.8, 4) is 0 Å². The summed E-state index contributed by atoms with van der Waals surface area (Å²) in [7, 11) is 1.61. The summed E-state index contributed by atoms with van der Waals surface area (Å²) >= 11 is 5.38. The van der Waals surface area contributed by atoms with Crippen LogP contribution in [0.25, 0.3) is 0 Å². The Hall–Kier alpha value is -11.3. The van der Waals surface area contributed by atoms with Crippen molar-refractivity contribution in [1.82, 2.24) is 87.6 Å². The summed E-state index contributed by atoms with van der Waals surface area (Å²) in [6, 6.07) is -3.91. The summed E-state index contributed by atoms with van der Waals surface area (Å²) < 4.78 is 14.9. The third kappa shape index (κ3) is 34.7. The van der Waals surface area contributed by atoms with Crippen molar-refractivity contribution in [3.63, 3.8) is 0 Å². The minimum Gasteiger partial charge on any atom is -0.480 e. The number of nitrogens with one attached hydrogen (secondary N) is 11. The summed E-state index contributed by atoms with van der Waals surface area (Å²) in [4.78, 5) is 242. The first-order valence-corrected chi connectivity index (χ1v) is 38.7. The maximum absolute atomic E-state index is 14.0. The number of nitrogens with two attached hydrogens (primary N) is 2. The van der Waals surface area contributed by atoms with Crippen LogP contribution in [-0.2, 0) is 112 Å². The molecule has 0 saturated carbocycles. The number of aliphatic carboxylic acids is 2. The van der Waals surface area contributed by atoms with Gasteiger partial charge in [-0.2, -0.15) is 0 Å². The fourth-order valence-corrected chi connectivity index (χ4v) is 13.5. The van der Waals surface area contributed by atoms with E-state index in [-0.39, 0.29) is 104 Å². The maximum Gasteiger partial charge on any atom is 0.317 e. The monoisotopic (exact) mass is 1710 g/mol. The Kier molecular flexibility index (Phi) is 45.4. The first-order chi connectivity index (χ1) is 56.9. The van der Waals surface area contributed by atoms with Crippen LogP contribution >= 0.6 is 12.2 Å². The van der Waals surface area contributed by atoms with E-state index < -0.39 is 202 Å². The van der Waals surface area contributed by atoms with Crippen LogP contribution in [0.2, 0.25) is 0 Å². The van der Waals surface area contributed by atoms with Gasteiger partial charge in [0, 0.05) is 77.6 Å². The minimum absolute atomic E-state index is 0.0164. The number of primary amides is 1. The highest BCUT2D eigenvalue weighted by Gasteiger charge is 2.47. The van der Waals surface area contributed by atoms with E-state index in [0.717, 1.165) is 35.4 Å². The number of aliphatic hydroxyl groups excluding tert-OH is 3. The molecule has 2 unspecified atom stereocenters. The smallest absolute Gasteiger partial charge is 0.317 e. The number of carbonyl (C=O) groups is 19. The average molecular weight is 1710 g/mol. The van der Waals surface area contributed by atoms with Crippen LogP contribution in [0.4, 0.5) is 5.69 Å². The standard InChI is InChI=1S/C42H66N14O16.C29H44N6O11S/c1-22(48-38(68)28-7-3-11-54(28)41(71)30-9-5-13-56(30)42(72)29-8-4-12-55(29)40(70)26(21-60)52-44)35(65)46-17-34(64)50-24(19-58)36(66)51-25(20-59)39(69)53-10-2-6-27(53)37(67)47-15-32(62)45-16-33(63)49-23(18-57)14-31(43)61;1-30-26(39)5-3-2-4-10-31-29(47)32-24-8-6-23(7-9-24)13-25(35(18-45-21-37)19-46-22-38)14-34(17-44-20-36)12-11-33(15-27(40)41)16-28(42)43/h18,22-30,52,58-60H,2-17,19-21,44H2,1H3,(H2,43,61)(H,45,62)(H,46,65)(H,47,67)(H,48,68)(H,49,63)(H,50,64)(H,51,66);6-9,20-22,25H,2-5,10-19H2,1H3,(H,30,39)(H,40,41)(H,42,43)(H2,31,32,47)/t22?,23-,24?,25-,26-,27-,28-,29-,30-;25-/m01/s1. The van der Waals surface area contributed by atoms with Crippen LogP contribution in [-0.4, -0.2) is 372 Å². The van der Waals surface area contributed by atoms with Crippen LogP contribution in [0.15, 0.2) is 24.3 Å². The number of carboxylic acid groups (broad SMARTS) is 2. The Bertz CT molecular complexity index is 3600. The summed E-state index contributed by atoms with van der Waals surface area (Å²) in [5.74, 6) is -6.15. The molecule has 4 aliphatic heterocycles. The molecule has 4 saturated heterocycles. The predicted octanol–water partition coefficient (Wildman–Crippen LogP) is -10.2. The van der Waals surface area contributed by atoms with Gasteiger partial charge in [0.15, 0.2) is 5.11 Å². The topological polar surface area (TPSA) is 660 Å². The van der Waals surface area contributed by atoms with Crippen molar-refractivity contribution in [2.24, 2.45) is 11.6 Å². The number of hydrogen-bond donors (Lipinski definition) is 18. The highest BCUT2D eigenvalue weighted by molar-refractivity contribution is 7.80. The summed E-state index contributed by atoms with van der Waals surface area (Å²) in [5, 5.41) is 73.1. The number of carboxylic acids is 2. The fourth-order valence-electron chi connectivity index (χ4n) is 13.3. The molecule has 5 rings (SSSR count). The predicted molar refractivity (Wildman–Crippen MR) is 415 cm³/mol. The molecule has 1 aromatic carbocycles. The van der Waals surface area contributed by atoms with Crippen molar-refractivity contribution < 1.29 is 131 Å². The van der Waals surface area contributed by atoms with Gasteiger partial charge in [0.25, 0.3) is 19.4 Å². The molecule has 1 aromatic rings. The van der Waals surface area contributed by atoms with Crippen LogP contribution in [0.1, 0.15) is 96.0 Å². The number of carbonyl (C=O) groups excluding carboxylic acids is 17. The van der Waals surface area contributed by atoms with Gasteiger partial charge in [0.05, 0.1) is 65.0 Å². The van der Waals surface area contributed by atoms with Crippen molar-refractivity contribution in [3.05, 3.63) is 29.8 Å². The Morgan fingerprint density at radius 2 is 1.07 bits per heavy atom. The number of amides is 13. The van der Waals surface area contributed by atoms with Crippen LogP contribution < -0.4 is 70.2 Å². The van der Waals surface area contributed by atoms with Crippen molar-refractivity contribution in [1.29, 1.82) is 0 Å². The molecule has 0 spiro atoms. The molecule has 0 aromatic heterocycles. The van der Waals surface area contributed by atoms with Crippen LogP contribution in [0.3, 0.4) is 0 Å². The number of hydrazine groups is 1. The third-order valence-electron chi connectivity index (χ3n) is 19.3. The SMILES string of the molecule is CC(NC(=O)[C@@H]1CCCN1C(=O)[C@@H]1CCCN1C(=O)[C@@H]1CCCN1C(=O)[C@H](CO)NN)C(=O)NCC(=O)NC(CO)C(=O)N[C@@H](CO)C(=O)N1CCC[C@H]1C(=O)NCC(=O)NCC(=O)N[C@H](C=O)CC(N)=O.CNC(=O)CCCCCNC(=S)Nc1ccc(C[C@H](CN(CCN(CC(=O)O)CC(=O)O)COC=O)N(COC=O)COC=O)cc1. The quantitative estimate of drug-likeness (QED) is 0.00548. The number of unbranched alkanes of at least 4 members (excludes halogenated alkanes) is 2. The van der Waals surface area contributed by atoms with Crippen molar-refractivity contribution in [2.45, 2.75) is 157 Å². The zero-order valence-electron chi connectivity index (χ0n) is 66.1. The van der Waals surface area contributed by atoms with E-state index >= 15 is 0 Å². The number of nitrogens with zero attached hydrogens (tertiary/aromatic N) is 7. The number of ether oxygens (including phenoxy) is 3. The second-order valence-electron chi connectivity index (χ2n) is 27.9. The molecule has 10 atom stereocenters. The Morgan fingerprint density at radius 1 is 0.563 bits per heavy atom. The number of likely N-dealkylation sites (tertiary alicyclic amines) is 4. The van der Waals surface area contributed by atoms with Gasteiger partial charge >= 0.3 is 11.9 Å². The number of benzene rings is 1. The van der Waals surface area contributed by atoms with E-state index in [1.54, 1.807) is 16.8 Å². The molecule has 4 fully saturated rings.